The van der Waals surface area contributed by atoms with Crippen molar-refractivity contribution in [1.82, 2.24) is 10.2 Å². The molecule has 0 spiro atoms. The monoisotopic (exact) mass is 384 g/mol. The molecule has 1 heterocycles. The van der Waals surface area contributed by atoms with Crippen LogP contribution in [0, 0.1) is 6.92 Å². The normalized spacial score (nSPS) is 15.4. The number of rotatable bonds is 8. The lowest BCUT2D eigenvalue weighted by Gasteiger charge is -2.31. The third kappa shape index (κ3) is 4.81. The van der Waals surface area contributed by atoms with Crippen molar-refractivity contribution in [1.29, 1.82) is 0 Å². The van der Waals surface area contributed by atoms with Gasteiger partial charge in [0.1, 0.15) is 6.04 Å². The predicted molar refractivity (Wildman–Crippen MR) is 106 cm³/mol. The van der Waals surface area contributed by atoms with E-state index in [1.807, 2.05) is 31.2 Å². The Hall–Kier alpha value is -2.60. The van der Waals surface area contributed by atoms with Crippen LogP contribution in [0.15, 0.2) is 47.1 Å². The minimum absolute atomic E-state index is 0.160. The molecule has 1 aromatic carbocycles. The summed E-state index contributed by atoms with van der Waals surface area (Å²) in [7, 11) is 1.58. The fraction of sp³-hybridized carbons (Fsp3) is 0.455. The summed E-state index contributed by atoms with van der Waals surface area (Å²) in [4.78, 5) is 28.0. The van der Waals surface area contributed by atoms with Crippen LogP contribution in [0.1, 0.15) is 53.4 Å². The molecule has 0 aliphatic heterocycles. The van der Waals surface area contributed by atoms with Gasteiger partial charge in [0.05, 0.1) is 12.9 Å². The van der Waals surface area contributed by atoms with Gasteiger partial charge in [0.25, 0.3) is 5.91 Å². The van der Waals surface area contributed by atoms with Crippen LogP contribution in [0.3, 0.4) is 0 Å². The zero-order valence-corrected chi connectivity index (χ0v) is 16.5. The molecule has 28 heavy (non-hydrogen) atoms. The van der Waals surface area contributed by atoms with Crippen LogP contribution in [0.2, 0.25) is 0 Å². The van der Waals surface area contributed by atoms with Gasteiger partial charge < -0.3 is 19.4 Å². The van der Waals surface area contributed by atoms with Gasteiger partial charge in [-0.05, 0) is 37.5 Å². The Morgan fingerprint density at radius 1 is 1.21 bits per heavy atom. The summed E-state index contributed by atoms with van der Waals surface area (Å²) in [5, 5.41) is 3.14. The number of benzene rings is 1. The van der Waals surface area contributed by atoms with Crippen LogP contribution < -0.4 is 5.32 Å². The van der Waals surface area contributed by atoms with Crippen molar-refractivity contribution >= 4 is 11.8 Å². The second kappa shape index (κ2) is 9.55. The third-order valence-electron chi connectivity index (χ3n) is 5.18. The van der Waals surface area contributed by atoms with E-state index in [4.69, 9.17) is 9.15 Å². The Morgan fingerprint density at radius 3 is 2.54 bits per heavy atom. The van der Waals surface area contributed by atoms with E-state index in [9.17, 15) is 9.59 Å². The Kier molecular flexibility index (Phi) is 6.87. The van der Waals surface area contributed by atoms with E-state index >= 15 is 0 Å². The molecule has 1 atom stereocenters. The quantitative estimate of drug-likeness (QED) is 0.756. The maximum atomic E-state index is 13.3. The van der Waals surface area contributed by atoms with Gasteiger partial charge in [-0.2, -0.15) is 0 Å². The molecule has 150 valence electrons. The fourth-order valence-electron chi connectivity index (χ4n) is 3.65. The molecule has 1 fully saturated rings. The third-order valence-corrected chi connectivity index (χ3v) is 5.18. The highest BCUT2D eigenvalue weighted by Gasteiger charge is 2.34. The molecule has 1 N–H and O–H groups in total. The first-order chi connectivity index (χ1) is 13.6. The average molecular weight is 384 g/mol. The van der Waals surface area contributed by atoms with Crippen molar-refractivity contribution in [3.05, 3.63) is 59.5 Å². The number of nitrogens with zero attached hydrogens (tertiary/aromatic N) is 1. The number of amides is 2. The summed E-state index contributed by atoms with van der Waals surface area (Å²) in [6, 6.07) is 10.4. The minimum Gasteiger partial charge on any atom is -0.459 e. The molecule has 1 aromatic heterocycles. The van der Waals surface area contributed by atoms with Gasteiger partial charge >= 0.3 is 0 Å². The van der Waals surface area contributed by atoms with E-state index in [0.29, 0.717) is 6.61 Å². The second-order valence-corrected chi connectivity index (χ2v) is 7.27. The Bertz CT molecular complexity index is 764. The molecule has 6 heteroatoms. The van der Waals surface area contributed by atoms with Crippen LogP contribution in [0.5, 0.6) is 0 Å². The first-order valence-electron chi connectivity index (χ1n) is 9.80. The van der Waals surface area contributed by atoms with Crippen LogP contribution in [-0.2, 0) is 9.53 Å². The van der Waals surface area contributed by atoms with E-state index in [1.165, 1.54) is 11.2 Å². The summed E-state index contributed by atoms with van der Waals surface area (Å²) >= 11 is 0. The number of hydrogen-bond donors (Lipinski definition) is 1. The zero-order valence-electron chi connectivity index (χ0n) is 16.5. The molecule has 0 saturated heterocycles. The molecule has 2 amide bonds. The Balaban J connectivity index is 1.93. The summed E-state index contributed by atoms with van der Waals surface area (Å²) in [6.45, 7) is 2.60. The number of nitrogens with one attached hydrogen (secondary N) is 1. The lowest BCUT2D eigenvalue weighted by molar-refractivity contribution is -0.126. The molecular weight excluding hydrogens is 356 g/mol. The van der Waals surface area contributed by atoms with Crippen LogP contribution in [-0.4, -0.2) is 43.0 Å². The van der Waals surface area contributed by atoms with Crippen LogP contribution >= 0.6 is 0 Å². The zero-order chi connectivity index (χ0) is 19.9. The SMILES string of the molecule is COCCN(C(=O)c1ccco1)[C@H](C(=O)NC1CCCC1)c1ccc(C)cc1. The van der Waals surface area contributed by atoms with Gasteiger partial charge in [0.15, 0.2) is 5.76 Å². The molecule has 6 nitrogen and oxygen atoms in total. The molecule has 2 aromatic rings. The number of carbonyl (C=O) groups is 2. The van der Waals surface area contributed by atoms with Gasteiger partial charge in [-0.1, -0.05) is 42.7 Å². The van der Waals surface area contributed by atoms with Gasteiger partial charge in [-0.25, -0.2) is 0 Å². The van der Waals surface area contributed by atoms with Crippen molar-refractivity contribution in [3.63, 3.8) is 0 Å². The first-order valence-corrected chi connectivity index (χ1v) is 9.80. The van der Waals surface area contributed by atoms with Crippen LogP contribution in [0.25, 0.3) is 0 Å². The van der Waals surface area contributed by atoms with Crippen molar-refractivity contribution in [3.8, 4) is 0 Å². The number of hydrogen-bond acceptors (Lipinski definition) is 4. The van der Waals surface area contributed by atoms with Gasteiger partial charge in [-0.3, -0.25) is 9.59 Å². The largest absolute Gasteiger partial charge is 0.459 e. The maximum absolute atomic E-state index is 13.3. The van der Waals surface area contributed by atoms with Gasteiger partial charge in [0, 0.05) is 19.7 Å². The maximum Gasteiger partial charge on any atom is 0.290 e. The minimum atomic E-state index is -0.742. The molecule has 1 saturated carbocycles. The number of aryl methyl sites for hydroxylation is 1. The number of methoxy groups -OCH3 is 1. The van der Waals surface area contributed by atoms with E-state index in [1.54, 1.807) is 19.2 Å². The highest BCUT2D eigenvalue weighted by atomic mass is 16.5. The van der Waals surface area contributed by atoms with E-state index in [-0.39, 0.29) is 30.2 Å². The Morgan fingerprint density at radius 2 is 1.93 bits per heavy atom. The summed E-state index contributed by atoms with van der Waals surface area (Å²) < 4.78 is 10.5. The second-order valence-electron chi connectivity index (χ2n) is 7.27. The standard InChI is InChI=1S/C22H28N2O4/c1-16-9-11-17(12-10-16)20(21(25)23-18-6-3-4-7-18)24(13-15-27-2)22(26)19-8-5-14-28-19/h5,8-12,14,18,20H,3-4,6-7,13,15H2,1-2H3,(H,23,25)/t20-/m0/s1. The summed E-state index contributed by atoms with van der Waals surface area (Å²) in [5.41, 5.74) is 1.87. The van der Waals surface area contributed by atoms with Crippen molar-refractivity contribution in [2.24, 2.45) is 0 Å². The predicted octanol–water partition coefficient (Wildman–Crippen LogP) is 3.48. The molecule has 0 unspecified atom stereocenters. The molecule has 1 aliphatic rings. The summed E-state index contributed by atoms with van der Waals surface area (Å²) in [6.07, 6.45) is 5.67. The molecule has 0 radical (unpaired) electrons. The molecular formula is C22H28N2O4. The average Bonchev–Trinajstić information content (AvgIpc) is 3.39. The smallest absolute Gasteiger partial charge is 0.290 e. The van der Waals surface area contributed by atoms with Crippen molar-refractivity contribution < 1.29 is 18.7 Å². The lowest BCUT2D eigenvalue weighted by atomic mass is 10.0. The number of furan rings is 1. The highest BCUT2D eigenvalue weighted by Crippen LogP contribution is 2.26. The van der Waals surface area contributed by atoms with Crippen molar-refractivity contribution in [2.45, 2.75) is 44.7 Å². The molecule has 3 rings (SSSR count). The van der Waals surface area contributed by atoms with E-state index in [0.717, 1.165) is 36.8 Å². The molecule has 0 bridgehead atoms. The van der Waals surface area contributed by atoms with E-state index in [2.05, 4.69) is 5.32 Å². The fourth-order valence-corrected chi connectivity index (χ4v) is 3.65. The number of carbonyl (C=O) groups excluding carboxylic acids is 2. The number of ether oxygens (including phenoxy) is 1. The van der Waals surface area contributed by atoms with Gasteiger partial charge in [0.2, 0.25) is 5.91 Å². The van der Waals surface area contributed by atoms with Gasteiger partial charge in [-0.15, -0.1) is 0 Å². The highest BCUT2D eigenvalue weighted by molar-refractivity contribution is 5.96. The first kappa shape index (κ1) is 20.1. The van der Waals surface area contributed by atoms with E-state index < -0.39 is 6.04 Å². The van der Waals surface area contributed by atoms with Crippen LogP contribution in [0.4, 0.5) is 0 Å². The molecule has 1 aliphatic carbocycles. The lowest BCUT2D eigenvalue weighted by Crippen LogP contribution is -2.47. The van der Waals surface area contributed by atoms with Crippen molar-refractivity contribution in [2.75, 3.05) is 20.3 Å². The Labute approximate surface area is 165 Å². The topological polar surface area (TPSA) is 71.8 Å². The summed E-state index contributed by atoms with van der Waals surface area (Å²) in [5.74, 6) is -0.275.